The third-order valence-corrected chi connectivity index (χ3v) is 4.37. The van der Waals surface area contributed by atoms with Crippen molar-refractivity contribution in [2.24, 2.45) is 0 Å². The van der Waals surface area contributed by atoms with Gasteiger partial charge in [0.25, 0.3) is 0 Å². The molecule has 1 heterocycles. The summed E-state index contributed by atoms with van der Waals surface area (Å²) in [7, 11) is 4.07. The fourth-order valence-corrected chi connectivity index (χ4v) is 2.87. The highest BCUT2D eigenvalue weighted by Crippen LogP contribution is 2.14. The van der Waals surface area contributed by atoms with Crippen LogP contribution in [0.2, 0.25) is 0 Å². The molecule has 0 spiro atoms. The number of carbonyl (C=O) groups excluding carboxylic acids is 1. The minimum atomic E-state index is -0.206. The number of aryl methyl sites for hydroxylation is 1. The van der Waals surface area contributed by atoms with Gasteiger partial charge in [-0.25, -0.2) is 9.36 Å². The number of carbonyl (C=O) groups is 1. The van der Waals surface area contributed by atoms with E-state index in [2.05, 4.69) is 58.0 Å². The van der Waals surface area contributed by atoms with Crippen LogP contribution >= 0.6 is 11.8 Å². The van der Waals surface area contributed by atoms with Crippen LogP contribution in [0, 0.1) is 0 Å². The fraction of sp³-hybridized carbons (Fsp3) is 0.300. The van der Waals surface area contributed by atoms with E-state index in [-0.39, 0.29) is 5.30 Å². The average molecular weight is 357 g/mol. The van der Waals surface area contributed by atoms with E-state index in [9.17, 15) is 4.79 Å². The number of pyridine rings is 1. The molecule has 0 amide bonds. The number of hydrogen-bond acceptors (Lipinski definition) is 4. The normalized spacial score (nSPS) is 10.8. The number of rotatable bonds is 7. The quantitative estimate of drug-likeness (QED) is 0.552. The molecule has 132 valence electrons. The van der Waals surface area contributed by atoms with E-state index in [1.165, 1.54) is 23.0 Å². The van der Waals surface area contributed by atoms with Crippen LogP contribution in [0.25, 0.3) is 12.2 Å². The van der Waals surface area contributed by atoms with Crippen LogP contribution in [0.5, 0.6) is 0 Å². The van der Waals surface area contributed by atoms with Crippen LogP contribution in [0.15, 0.2) is 48.8 Å². The Hall–Kier alpha value is -2.27. The molecule has 0 bridgehead atoms. The molecular formula is C20H25N2O2S+. The first-order chi connectivity index (χ1) is 12.1. The second kappa shape index (κ2) is 9.89. The SMILES string of the molecule is CCOC(=O)SCC[n+]1ccc(/C=C/c2ccc(N(C)C)cc2)cc1. The monoisotopic (exact) mass is 357 g/mol. The van der Waals surface area contributed by atoms with Gasteiger partial charge in [-0.3, -0.25) is 0 Å². The third kappa shape index (κ3) is 6.63. The highest BCUT2D eigenvalue weighted by Gasteiger charge is 2.05. The molecule has 2 rings (SSSR count). The Morgan fingerprint density at radius 3 is 2.24 bits per heavy atom. The molecule has 2 aromatic rings. The topological polar surface area (TPSA) is 33.4 Å². The summed E-state index contributed by atoms with van der Waals surface area (Å²) in [5, 5.41) is -0.206. The Balaban J connectivity index is 1.86. The van der Waals surface area contributed by atoms with E-state index >= 15 is 0 Å². The molecule has 1 aromatic carbocycles. The Kier molecular flexibility index (Phi) is 7.54. The van der Waals surface area contributed by atoms with Crippen molar-refractivity contribution in [3.8, 4) is 0 Å². The Labute approximate surface area is 154 Å². The zero-order valence-electron chi connectivity index (χ0n) is 15.0. The molecule has 0 aliphatic heterocycles. The standard InChI is InChI=1S/C20H25N2O2S/c1-4-24-20(23)25-16-15-22-13-11-18(12-14-22)6-5-17-7-9-19(10-8-17)21(2)3/h5-14H,4,15-16H2,1-3H3/q+1. The van der Waals surface area contributed by atoms with Crippen LogP contribution < -0.4 is 9.47 Å². The minimum Gasteiger partial charge on any atom is -0.458 e. The summed E-state index contributed by atoms with van der Waals surface area (Å²) < 4.78 is 6.96. The van der Waals surface area contributed by atoms with E-state index in [0.717, 1.165) is 12.1 Å². The van der Waals surface area contributed by atoms with Gasteiger partial charge in [0.1, 0.15) is 0 Å². The summed E-state index contributed by atoms with van der Waals surface area (Å²) in [6.45, 7) is 3.02. The van der Waals surface area contributed by atoms with Gasteiger partial charge in [0, 0.05) is 31.9 Å². The minimum absolute atomic E-state index is 0.206. The summed E-state index contributed by atoms with van der Waals surface area (Å²) in [6.07, 6.45) is 8.26. The first-order valence-electron chi connectivity index (χ1n) is 8.32. The lowest BCUT2D eigenvalue weighted by atomic mass is 10.1. The Bertz CT molecular complexity index is 695. The first kappa shape index (κ1) is 19.1. The second-order valence-electron chi connectivity index (χ2n) is 5.72. The molecule has 0 fully saturated rings. The van der Waals surface area contributed by atoms with Gasteiger partial charge in [-0.15, -0.1) is 0 Å². The van der Waals surface area contributed by atoms with E-state index < -0.39 is 0 Å². The van der Waals surface area contributed by atoms with Crippen LogP contribution in [0.4, 0.5) is 10.5 Å². The number of anilines is 1. The lowest BCUT2D eigenvalue weighted by Crippen LogP contribution is -2.34. The van der Waals surface area contributed by atoms with Gasteiger partial charge in [0.2, 0.25) is 0 Å². The summed E-state index contributed by atoms with van der Waals surface area (Å²) in [6, 6.07) is 12.6. The number of ether oxygens (including phenoxy) is 1. The van der Waals surface area contributed by atoms with Crippen molar-refractivity contribution in [2.45, 2.75) is 13.5 Å². The molecule has 0 atom stereocenters. The van der Waals surface area contributed by atoms with Gasteiger partial charge >= 0.3 is 5.30 Å². The van der Waals surface area contributed by atoms with Crippen molar-refractivity contribution in [2.75, 3.05) is 31.4 Å². The average Bonchev–Trinajstić information content (AvgIpc) is 2.61. The summed E-state index contributed by atoms with van der Waals surface area (Å²) >= 11 is 1.21. The molecule has 5 heteroatoms. The predicted octanol–water partition coefficient (Wildman–Crippen LogP) is 4.10. The van der Waals surface area contributed by atoms with Crippen LogP contribution in [0.1, 0.15) is 18.1 Å². The van der Waals surface area contributed by atoms with Crippen molar-refractivity contribution in [1.29, 1.82) is 0 Å². The van der Waals surface area contributed by atoms with Gasteiger partial charge in [-0.1, -0.05) is 24.3 Å². The van der Waals surface area contributed by atoms with Crippen molar-refractivity contribution in [3.05, 3.63) is 59.9 Å². The smallest absolute Gasteiger partial charge is 0.367 e. The zero-order valence-corrected chi connectivity index (χ0v) is 15.8. The number of thioether (sulfide) groups is 1. The van der Waals surface area contributed by atoms with Crippen molar-refractivity contribution >= 4 is 34.9 Å². The molecule has 0 aliphatic carbocycles. The second-order valence-corrected chi connectivity index (χ2v) is 6.75. The largest absolute Gasteiger partial charge is 0.458 e. The van der Waals surface area contributed by atoms with Gasteiger partial charge in [-0.05, 0) is 41.9 Å². The third-order valence-electron chi connectivity index (χ3n) is 3.63. The highest BCUT2D eigenvalue weighted by molar-refractivity contribution is 8.13. The van der Waals surface area contributed by atoms with E-state index in [1.54, 1.807) is 0 Å². The first-order valence-corrected chi connectivity index (χ1v) is 9.31. The summed E-state index contributed by atoms with van der Waals surface area (Å²) in [5.74, 6) is 0.705. The Morgan fingerprint density at radius 2 is 1.68 bits per heavy atom. The summed E-state index contributed by atoms with van der Waals surface area (Å²) in [5.41, 5.74) is 3.51. The fourth-order valence-electron chi connectivity index (χ4n) is 2.20. The molecule has 0 unspecified atom stereocenters. The van der Waals surface area contributed by atoms with Gasteiger partial charge in [-0.2, -0.15) is 0 Å². The molecule has 1 aromatic heterocycles. The lowest BCUT2D eigenvalue weighted by molar-refractivity contribution is -0.692. The molecule has 0 radical (unpaired) electrons. The van der Waals surface area contributed by atoms with Gasteiger partial charge in [0.05, 0.1) is 12.4 Å². The van der Waals surface area contributed by atoms with Gasteiger partial charge in [0.15, 0.2) is 18.9 Å². The molecule has 25 heavy (non-hydrogen) atoms. The van der Waals surface area contributed by atoms with E-state index in [4.69, 9.17) is 4.74 Å². The molecule has 0 N–H and O–H groups in total. The maximum absolute atomic E-state index is 11.3. The summed E-state index contributed by atoms with van der Waals surface area (Å²) in [4.78, 5) is 13.4. The maximum Gasteiger partial charge on any atom is 0.367 e. The number of hydrogen-bond donors (Lipinski definition) is 0. The van der Waals surface area contributed by atoms with Crippen LogP contribution in [-0.4, -0.2) is 31.8 Å². The molecule has 4 nitrogen and oxygen atoms in total. The van der Waals surface area contributed by atoms with E-state index in [1.807, 2.05) is 33.4 Å². The molecule has 0 aliphatic rings. The molecular weight excluding hydrogens is 332 g/mol. The van der Waals surface area contributed by atoms with E-state index in [0.29, 0.717) is 12.4 Å². The van der Waals surface area contributed by atoms with Crippen LogP contribution in [0.3, 0.4) is 0 Å². The maximum atomic E-state index is 11.3. The van der Waals surface area contributed by atoms with Gasteiger partial charge < -0.3 is 9.64 Å². The molecule has 0 saturated heterocycles. The number of benzene rings is 1. The Morgan fingerprint density at radius 1 is 1.08 bits per heavy atom. The van der Waals surface area contributed by atoms with Crippen LogP contribution in [-0.2, 0) is 11.3 Å². The number of aromatic nitrogens is 1. The zero-order chi connectivity index (χ0) is 18.1. The molecule has 0 saturated carbocycles. The van der Waals surface area contributed by atoms with Crippen molar-refractivity contribution < 1.29 is 14.1 Å². The van der Waals surface area contributed by atoms with Crippen molar-refractivity contribution in [1.82, 2.24) is 0 Å². The predicted molar refractivity (Wildman–Crippen MR) is 106 cm³/mol. The highest BCUT2D eigenvalue weighted by atomic mass is 32.2. The number of nitrogens with zero attached hydrogens (tertiary/aromatic N) is 2. The van der Waals surface area contributed by atoms with Crippen molar-refractivity contribution in [3.63, 3.8) is 0 Å². The lowest BCUT2D eigenvalue weighted by Gasteiger charge is -2.11.